The zero-order valence-corrected chi connectivity index (χ0v) is 11.1. The first-order valence-corrected chi connectivity index (χ1v) is 6.10. The van der Waals surface area contributed by atoms with Crippen LogP contribution in [0.1, 0.15) is 12.0 Å². The summed E-state index contributed by atoms with van der Waals surface area (Å²) < 4.78 is 6.72. The minimum Gasteiger partial charge on any atom is -0.497 e. The summed E-state index contributed by atoms with van der Waals surface area (Å²) in [4.78, 5) is 11.8. The monoisotopic (exact) mass is 259 g/mol. The van der Waals surface area contributed by atoms with Gasteiger partial charge in [-0.15, -0.1) is 0 Å². The van der Waals surface area contributed by atoms with E-state index in [1.165, 1.54) is 0 Å². The van der Waals surface area contributed by atoms with E-state index in [9.17, 15) is 4.79 Å². The molecule has 0 saturated carbocycles. The zero-order valence-electron chi connectivity index (χ0n) is 11.1. The number of aromatic nitrogens is 2. The molecule has 5 heteroatoms. The normalized spacial score (nSPS) is 10.2. The van der Waals surface area contributed by atoms with E-state index in [2.05, 4.69) is 10.4 Å². The fraction of sp³-hybridized carbons (Fsp3) is 0.286. The van der Waals surface area contributed by atoms with E-state index in [1.54, 1.807) is 31.1 Å². The van der Waals surface area contributed by atoms with Gasteiger partial charge in [0.15, 0.2) is 0 Å². The van der Waals surface area contributed by atoms with Gasteiger partial charge < -0.3 is 10.1 Å². The summed E-state index contributed by atoms with van der Waals surface area (Å²) in [5.41, 5.74) is 1.11. The number of anilines is 1. The lowest BCUT2D eigenvalue weighted by Gasteiger charge is -2.06. The zero-order chi connectivity index (χ0) is 13.7. The molecule has 0 fully saturated rings. The van der Waals surface area contributed by atoms with Gasteiger partial charge in [0.2, 0.25) is 5.91 Å². The van der Waals surface area contributed by atoms with Crippen molar-refractivity contribution in [3.8, 4) is 5.75 Å². The van der Waals surface area contributed by atoms with E-state index in [0.717, 1.165) is 11.3 Å². The fourth-order valence-electron chi connectivity index (χ4n) is 1.75. The largest absolute Gasteiger partial charge is 0.497 e. The molecule has 2 aromatic rings. The molecule has 0 radical (unpaired) electrons. The molecule has 1 heterocycles. The number of carbonyl (C=O) groups is 1. The second-order valence-electron chi connectivity index (χ2n) is 4.24. The fourth-order valence-corrected chi connectivity index (χ4v) is 1.75. The minimum atomic E-state index is -0.0144. The molecule has 1 amide bonds. The summed E-state index contributed by atoms with van der Waals surface area (Å²) in [6.45, 7) is 0. The highest BCUT2D eigenvalue weighted by Crippen LogP contribution is 2.13. The van der Waals surface area contributed by atoms with Gasteiger partial charge in [0, 0.05) is 19.5 Å². The van der Waals surface area contributed by atoms with Crippen molar-refractivity contribution < 1.29 is 9.53 Å². The van der Waals surface area contributed by atoms with Crippen molar-refractivity contribution >= 4 is 11.7 Å². The number of methoxy groups -OCH3 is 1. The standard InChI is InChI=1S/C14H17N3O2/c1-17-13(9-10-15-17)16-14(18)8-5-11-3-6-12(19-2)7-4-11/h3-4,6-7,9-10H,5,8H2,1-2H3,(H,16,18). The Kier molecular flexibility index (Phi) is 4.18. The average molecular weight is 259 g/mol. The molecular weight excluding hydrogens is 242 g/mol. The summed E-state index contributed by atoms with van der Waals surface area (Å²) in [6.07, 6.45) is 2.80. The molecule has 5 nitrogen and oxygen atoms in total. The van der Waals surface area contributed by atoms with Crippen molar-refractivity contribution in [3.05, 3.63) is 42.1 Å². The van der Waals surface area contributed by atoms with E-state index in [0.29, 0.717) is 18.7 Å². The lowest BCUT2D eigenvalue weighted by molar-refractivity contribution is -0.116. The van der Waals surface area contributed by atoms with E-state index in [4.69, 9.17) is 4.74 Å². The predicted molar refractivity (Wildman–Crippen MR) is 73.2 cm³/mol. The summed E-state index contributed by atoms with van der Waals surface area (Å²) in [5.74, 6) is 1.52. The van der Waals surface area contributed by atoms with Gasteiger partial charge in [-0.3, -0.25) is 9.48 Å². The minimum absolute atomic E-state index is 0.0144. The third-order valence-electron chi connectivity index (χ3n) is 2.89. The van der Waals surface area contributed by atoms with Crippen LogP contribution >= 0.6 is 0 Å². The summed E-state index contributed by atoms with van der Waals surface area (Å²) in [6, 6.07) is 9.50. The molecule has 1 aromatic carbocycles. The summed E-state index contributed by atoms with van der Waals surface area (Å²) in [7, 11) is 3.43. The van der Waals surface area contributed by atoms with Gasteiger partial charge in [0.1, 0.15) is 11.6 Å². The number of carbonyl (C=O) groups excluding carboxylic acids is 1. The highest BCUT2D eigenvalue weighted by atomic mass is 16.5. The number of ether oxygens (including phenoxy) is 1. The van der Waals surface area contributed by atoms with Crippen LogP contribution in [0.3, 0.4) is 0 Å². The van der Waals surface area contributed by atoms with Gasteiger partial charge in [-0.05, 0) is 24.1 Å². The third kappa shape index (κ3) is 3.58. The predicted octanol–water partition coefficient (Wildman–Crippen LogP) is 2.00. The van der Waals surface area contributed by atoms with Crippen LogP contribution in [-0.4, -0.2) is 22.8 Å². The van der Waals surface area contributed by atoms with Gasteiger partial charge in [0.25, 0.3) is 0 Å². The molecule has 0 saturated heterocycles. The lowest BCUT2D eigenvalue weighted by atomic mass is 10.1. The number of amides is 1. The van der Waals surface area contributed by atoms with Crippen LogP contribution in [-0.2, 0) is 18.3 Å². The van der Waals surface area contributed by atoms with Crippen LogP contribution in [0.5, 0.6) is 5.75 Å². The molecule has 0 spiro atoms. The molecule has 1 N–H and O–H groups in total. The van der Waals surface area contributed by atoms with Crippen molar-refractivity contribution in [2.75, 3.05) is 12.4 Å². The number of aryl methyl sites for hydroxylation is 2. The lowest BCUT2D eigenvalue weighted by Crippen LogP contribution is -2.14. The topological polar surface area (TPSA) is 56.1 Å². The van der Waals surface area contributed by atoms with Crippen molar-refractivity contribution in [2.24, 2.45) is 7.05 Å². The van der Waals surface area contributed by atoms with Crippen LogP contribution in [0.2, 0.25) is 0 Å². The van der Waals surface area contributed by atoms with Crippen molar-refractivity contribution in [1.29, 1.82) is 0 Å². The van der Waals surface area contributed by atoms with Crippen LogP contribution in [0, 0.1) is 0 Å². The molecule has 1 aromatic heterocycles. The highest BCUT2D eigenvalue weighted by molar-refractivity contribution is 5.89. The molecule has 0 unspecified atom stereocenters. The van der Waals surface area contributed by atoms with Crippen LogP contribution < -0.4 is 10.1 Å². The van der Waals surface area contributed by atoms with Gasteiger partial charge in [0.05, 0.1) is 13.3 Å². The highest BCUT2D eigenvalue weighted by Gasteiger charge is 2.05. The van der Waals surface area contributed by atoms with E-state index in [1.807, 2.05) is 24.3 Å². The number of nitrogens with zero attached hydrogens (tertiary/aromatic N) is 2. The number of nitrogens with one attached hydrogen (secondary N) is 1. The number of rotatable bonds is 5. The Bertz CT molecular complexity index is 546. The molecule has 0 aliphatic heterocycles. The molecular formula is C14H17N3O2. The Labute approximate surface area is 112 Å². The Morgan fingerprint density at radius 3 is 2.63 bits per heavy atom. The first-order chi connectivity index (χ1) is 9.19. The van der Waals surface area contributed by atoms with Crippen LogP contribution in [0.4, 0.5) is 5.82 Å². The van der Waals surface area contributed by atoms with Gasteiger partial charge >= 0.3 is 0 Å². The maximum atomic E-state index is 11.8. The summed E-state index contributed by atoms with van der Waals surface area (Å²) in [5, 5.41) is 6.81. The van der Waals surface area contributed by atoms with Crippen LogP contribution in [0.25, 0.3) is 0 Å². The van der Waals surface area contributed by atoms with E-state index >= 15 is 0 Å². The number of hydrogen-bond acceptors (Lipinski definition) is 3. The Balaban J connectivity index is 1.84. The quantitative estimate of drug-likeness (QED) is 0.893. The second-order valence-corrected chi connectivity index (χ2v) is 4.24. The SMILES string of the molecule is COc1ccc(CCC(=O)Nc2ccnn2C)cc1. The average Bonchev–Trinajstić information content (AvgIpc) is 2.82. The molecule has 0 atom stereocenters. The second kappa shape index (κ2) is 6.04. The molecule has 2 rings (SSSR count). The third-order valence-corrected chi connectivity index (χ3v) is 2.89. The maximum absolute atomic E-state index is 11.8. The van der Waals surface area contributed by atoms with Crippen LogP contribution in [0.15, 0.2) is 36.5 Å². The Morgan fingerprint density at radius 1 is 1.32 bits per heavy atom. The Hall–Kier alpha value is -2.30. The van der Waals surface area contributed by atoms with Crippen molar-refractivity contribution in [3.63, 3.8) is 0 Å². The van der Waals surface area contributed by atoms with Gasteiger partial charge in [-0.25, -0.2) is 0 Å². The number of benzene rings is 1. The molecule has 100 valence electrons. The molecule has 19 heavy (non-hydrogen) atoms. The van der Waals surface area contributed by atoms with Gasteiger partial charge in [-0.2, -0.15) is 5.10 Å². The first-order valence-electron chi connectivity index (χ1n) is 6.10. The van der Waals surface area contributed by atoms with E-state index in [-0.39, 0.29) is 5.91 Å². The number of hydrogen-bond donors (Lipinski definition) is 1. The Morgan fingerprint density at radius 2 is 2.05 bits per heavy atom. The van der Waals surface area contributed by atoms with Gasteiger partial charge in [-0.1, -0.05) is 12.1 Å². The van der Waals surface area contributed by atoms with E-state index < -0.39 is 0 Å². The molecule has 0 aliphatic carbocycles. The molecule has 0 bridgehead atoms. The van der Waals surface area contributed by atoms with Crippen molar-refractivity contribution in [2.45, 2.75) is 12.8 Å². The summed E-state index contributed by atoms with van der Waals surface area (Å²) >= 11 is 0. The smallest absolute Gasteiger partial charge is 0.225 e. The molecule has 0 aliphatic rings. The van der Waals surface area contributed by atoms with Crippen molar-refractivity contribution in [1.82, 2.24) is 9.78 Å². The first kappa shape index (κ1) is 13.1. The maximum Gasteiger partial charge on any atom is 0.225 e.